The molecule has 3 aliphatic rings. The molecule has 15 heteroatoms. The highest BCUT2D eigenvalue weighted by Crippen LogP contribution is 2.49. The number of methoxy groups -OCH3 is 2. The summed E-state index contributed by atoms with van der Waals surface area (Å²) in [5.74, 6) is -1.54. The van der Waals surface area contributed by atoms with Gasteiger partial charge in [-0.25, -0.2) is 9.59 Å². The summed E-state index contributed by atoms with van der Waals surface area (Å²) in [4.78, 5) is 58.1. The lowest BCUT2D eigenvalue weighted by atomic mass is 9.83. The van der Waals surface area contributed by atoms with Gasteiger partial charge in [0.25, 0.3) is 0 Å². The van der Waals surface area contributed by atoms with Crippen molar-refractivity contribution >= 4 is 41.2 Å². The summed E-state index contributed by atoms with van der Waals surface area (Å²) < 4.78 is 29.2. The van der Waals surface area contributed by atoms with Gasteiger partial charge >= 0.3 is 12.1 Å². The van der Waals surface area contributed by atoms with Crippen molar-refractivity contribution < 1.29 is 48.0 Å². The molecule has 3 heterocycles. The minimum atomic E-state index is -1.82. The van der Waals surface area contributed by atoms with E-state index in [-0.39, 0.29) is 30.2 Å². The van der Waals surface area contributed by atoms with Gasteiger partial charge < -0.3 is 43.5 Å². The molecule has 3 amide bonds. The number of halogens is 1. The van der Waals surface area contributed by atoms with E-state index in [1.165, 1.54) is 31.1 Å². The maximum atomic E-state index is 14.1. The number of fused-ring (bicyclic) bond motifs is 5. The number of ether oxygens (including phenoxy) is 5. The van der Waals surface area contributed by atoms with Crippen LogP contribution in [-0.2, 0) is 39.8 Å². The second kappa shape index (κ2) is 16.5. The van der Waals surface area contributed by atoms with E-state index in [1.807, 2.05) is 32.0 Å². The first-order valence-electron chi connectivity index (χ1n) is 17.3. The fourth-order valence-electron chi connectivity index (χ4n) is 6.71. The molecular formula is C37H53ClN4O10. The summed E-state index contributed by atoms with van der Waals surface area (Å²) in [5.41, 5.74) is -0.895. The van der Waals surface area contributed by atoms with Crippen molar-refractivity contribution in [2.24, 2.45) is 5.92 Å². The van der Waals surface area contributed by atoms with Gasteiger partial charge in [-0.3, -0.25) is 14.9 Å². The topological polar surface area (TPSA) is 160 Å². The molecule has 52 heavy (non-hydrogen) atoms. The Labute approximate surface area is 310 Å². The summed E-state index contributed by atoms with van der Waals surface area (Å²) in [6.07, 6.45) is 1.18. The fourth-order valence-corrected chi connectivity index (χ4v) is 7.03. The Kier molecular flexibility index (Phi) is 13.1. The third kappa shape index (κ3) is 9.08. The van der Waals surface area contributed by atoms with Gasteiger partial charge in [-0.1, -0.05) is 42.3 Å². The zero-order valence-corrected chi connectivity index (χ0v) is 32.5. The number of allylic oxidation sites excluding steroid dienone is 3. The number of nitrogens with zero attached hydrogens (tertiary/aromatic N) is 3. The van der Waals surface area contributed by atoms with Crippen molar-refractivity contribution in [1.82, 2.24) is 15.1 Å². The predicted molar refractivity (Wildman–Crippen MR) is 194 cm³/mol. The maximum absolute atomic E-state index is 14.1. The molecule has 8 atom stereocenters. The van der Waals surface area contributed by atoms with Crippen LogP contribution >= 0.6 is 11.6 Å². The summed E-state index contributed by atoms with van der Waals surface area (Å²) in [6, 6.07) is 2.62. The van der Waals surface area contributed by atoms with Crippen LogP contribution in [0.15, 0.2) is 35.9 Å². The third-order valence-electron chi connectivity index (χ3n) is 10.3. The lowest BCUT2D eigenvalue weighted by molar-refractivity contribution is -0.162. The Morgan fingerprint density at radius 2 is 1.90 bits per heavy atom. The molecule has 0 aromatic heterocycles. The highest BCUT2D eigenvalue weighted by atomic mass is 35.5. The molecule has 2 saturated heterocycles. The van der Waals surface area contributed by atoms with Crippen LogP contribution in [0.3, 0.4) is 0 Å². The molecule has 0 saturated carbocycles. The van der Waals surface area contributed by atoms with Crippen LogP contribution in [0.5, 0.6) is 5.75 Å². The minimum absolute atomic E-state index is 0.0471. The van der Waals surface area contributed by atoms with Crippen molar-refractivity contribution in [2.45, 2.75) is 95.2 Å². The van der Waals surface area contributed by atoms with Gasteiger partial charge in [0.05, 0.1) is 25.3 Å². The Hall–Kier alpha value is -3.69. The molecule has 0 spiro atoms. The number of nitrogens with one attached hydrogen (secondary N) is 1. The van der Waals surface area contributed by atoms with Gasteiger partial charge in [0.1, 0.15) is 40.7 Å². The Morgan fingerprint density at radius 3 is 2.54 bits per heavy atom. The highest BCUT2D eigenvalue weighted by molar-refractivity contribution is 6.35. The highest BCUT2D eigenvalue weighted by Gasteiger charge is 2.64. The second-order valence-electron chi connectivity index (χ2n) is 14.5. The van der Waals surface area contributed by atoms with Gasteiger partial charge in [0.15, 0.2) is 5.72 Å². The number of anilines is 1. The number of carbonyl (C=O) groups excluding carboxylic acids is 4. The van der Waals surface area contributed by atoms with Gasteiger partial charge in [0, 0.05) is 46.5 Å². The van der Waals surface area contributed by atoms with Gasteiger partial charge in [-0.15, -0.1) is 0 Å². The summed E-state index contributed by atoms with van der Waals surface area (Å²) >= 11 is 6.75. The Morgan fingerprint density at radius 1 is 1.21 bits per heavy atom. The number of hydrogen-bond acceptors (Lipinski definition) is 11. The van der Waals surface area contributed by atoms with Gasteiger partial charge in [-0.2, -0.15) is 0 Å². The minimum Gasteiger partial charge on any atom is -0.495 e. The van der Waals surface area contributed by atoms with Crippen LogP contribution in [0.25, 0.3) is 0 Å². The van der Waals surface area contributed by atoms with Crippen molar-refractivity contribution in [1.29, 1.82) is 0 Å². The van der Waals surface area contributed by atoms with E-state index < -0.39 is 65.7 Å². The lowest BCUT2D eigenvalue weighted by Gasteiger charge is -2.42. The average molecular weight is 749 g/mol. The maximum Gasteiger partial charge on any atom is 0.409 e. The Balaban J connectivity index is 1.75. The molecule has 0 radical (unpaired) electrons. The number of hydrogen-bond donors (Lipinski definition) is 2. The molecule has 288 valence electrons. The Bertz CT molecular complexity index is 1590. The van der Waals surface area contributed by atoms with E-state index >= 15 is 0 Å². The standard InChI is InChI=1S/C37H53ClN4O10/c1-21-12-11-13-28(49-10)37(47)20-27(50-35(46)39-37)22(2)33-36(4,52-33)29(51-34(45)23(3)41(7)30(43)14-15-40(5)6)19-31(44)42(8)25-17-24(16-21)18-26(48-9)32(25)38/h11-13,17-18,22-23,27-29,33,47H,14-16,19-20H2,1-10H3,(H,39,46)/b13-11+,21-12+/t22-,23+,27+,28-,29-,33+,36+,37+/m1/s1. The van der Waals surface area contributed by atoms with E-state index in [0.717, 1.165) is 11.1 Å². The second-order valence-corrected chi connectivity index (χ2v) is 14.8. The largest absolute Gasteiger partial charge is 0.495 e. The van der Waals surface area contributed by atoms with Crippen molar-refractivity contribution in [3.05, 3.63) is 46.5 Å². The predicted octanol–water partition coefficient (Wildman–Crippen LogP) is 3.47. The molecule has 0 unspecified atom stereocenters. The van der Waals surface area contributed by atoms with E-state index in [0.29, 0.717) is 24.4 Å². The first kappa shape index (κ1) is 41.1. The SMILES string of the molecule is COc1cc2cc(c1Cl)N(C)C(=O)C[C@@H](OC(=O)[C@H](C)N(C)C(=O)CCN(C)C)[C@]1(C)O[C@H]1[C@H](C)[C@@H]1C[C@@](O)(NC(=O)O1)[C@H](OC)/C=C/C=C(\C)C2. The molecule has 1 aromatic rings. The van der Waals surface area contributed by atoms with Crippen molar-refractivity contribution in [3.63, 3.8) is 0 Å². The van der Waals surface area contributed by atoms with Gasteiger partial charge in [0.2, 0.25) is 11.8 Å². The number of aliphatic hydroxyl groups is 1. The van der Waals surface area contributed by atoms with Crippen LogP contribution in [-0.4, -0.2) is 130 Å². The first-order valence-corrected chi connectivity index (χ1v) is 17.7. The number of carbonyl (C=O) groups is 4. The zero-order valence-electron chi connectivity index (χ0n) is 31.7. The molecule has 4 rings (SSSR count). The van der Waals surface area contributed by atoms with Crippen LogP contribution in [0.1, 0.15) is 52.5 Å². The number of amides is 3. The van der Waals surface area contributed by atoms with Crippen molar-refractivity contribution in [3.8, 4) is 5.75 Å². The molecule has 0 aliphatic carbocycles. The smallest absolute Gasteiger partial charge is 0.409 e. The van der Waals surface area contributed by atoms with E-state index in [1.54, 1.807) is 52.1 Å². The van der Waals surface area contributed by atoms with E-state index in [9.17, 15) is 24.3 Å². The summed E-state index contributed by atoms with van der Waals surface area (Å²) in [7, 11) is 9.73. The average Bonchev–Trinajstić information content (AvgIpc) is 3.79. The number of esters is 1. The van der Waals surface area contributed by atoms with E-state index in [4.69, 9.17) is 35.3 Å². The quantitative estimate of drug-likeness (QED) is 0.296. The monoisotopic (exact) mass is 748 g/mol. The first-order chi connectivity index (χ1) is 24.3. The molecule has 2 N–H and O–H groups in total. The number of epoxide rings is 1. The number of benzene rings is 1. The number of rotatable bonds is 8. The molecule has 3 aliphatic heterocycles. The normalized spacial score (nSPS) is 31.7. The molecule has 1 aromatic carbocycles. The lowest BCUT2D eigenvalue weighted by Crippen LogP contribution is -2.63. The molecular weight excluding hydrogens is 696 g/mol. The van der Waals surface area contributed by atoms with Crippen molar-refractivity contribution in [2.75, 3.05) is 53.9 Å². The number of likely N-dealkylation sites (N-methyl/N-ethyl adjacent to an activating group) is 1. The van der Waals surface area contributed by atoms with Crippen LogP contribution in [0.4, 0.5) is 10.5 Å². The van der Waals surface area contributed by atoms with Crippen LogP contribution < -0.4 is 15.0 Å². The van der Waals surface area contributed by atoms with Gasteiger partial charge in [-0.05, 0) is 59.0 Å². The molecule has 2 fully saturated rings. The number of alkyl carbamates (subject to hydrolysis) is 1. The third-order valence-corrected chi connectivity index (χ3v) is 10.7. The van der Waals surface area contributed by atoms with Crippen LogP contribution in [0.2, 0.25) is 5.02 Å². The molecule has 4 bridgehead atoms. The van der Waals surface area contributed by atoms with Crippen LogP contribution in [0, 0.1) is 5.92 Å². The summed E-state index contributed by atoms with van der Waals surface area (Å²) in [6.45, 7) is 7.51. The fraction of sp³-hybridized carbons (Fsp3) is 0.622. The van der Waals surface area contributed by atoms with E-state index in [2.05, 4.69) is 5.32 Å². The molecule has 14 nitrogen and oxygen atoms in total. The zero-order chi connectivity index (χ0) is 38.7. The summed E-state index contributed by atoms with van der Waals surface area (Å²) in [5, 5.41) is 14.5.